The summed E-state index contributed by atoms with van der Waals surface area (Å²) in [4.78, 5) is 0. The summed E-state index contributed by atoms with van der Waals surface area (Å²) >= 11 is 0. The van der Waals surface area contributed by atoms with Crippen LogP contribution >= 0.6 is 7.82 Å². The summed E-state index contributed by atoms with van der Waals surface area (Å²) < 4.78 is 22.7. The molecule has 0 aromatic carbocycles. The molecule has 0 aliphatic heterocycles. The van der Waals surface area contributed by atoms with Gasteiger partial charge in [0.15, 0.2) is 0 Å². The largest absolute Gasteiger partial charge is 0.513 e. The first-order chi connectivity index (χ1) is 4.68. The molecule has 7 nitrogen and oxygen atoms in total. The highest BCUT2D eigenvalue weighted by atomic mass is 31.2. The van der Waals surface area contributed by atoms with Gasteiger partial charge in [0.1, 0.15) is 0 Å². The van der Waals surface area contributed by atoms with E-state index in [0.29, 0.717) is 0 Å². The zero-order chi connectivity index (χ0) is 8.04. The van der Waals surface area contributed by atoms with Gasteiger partial charge in [-0.1, -0.05) is 0 Å². The van der Waals surface area contributed by atoms with E-state index in [0.717, 1.165) is 7.11 Å². The van der Waals surface area contributed by atoms with Crippen LogP contribution < -0.4 is 11.4 Å². The second-order valence-electron chi connectivity index (χ2n) is 1.04. The van der Waals surface area contributed by atoms with Crippen molar-refractivity contribution in [2.75, 3.05) is 7.11 Å². The molecule has 0 aliphatic rings. The van der Waals surface area contributed by atoms with Gasteiger partial charge in [-0.05, 0) is 0 Å². The Morgan fingerprint density at radius 2 is 2.40 bits per heavy atom. The van der Waals surface area contributed by atoms with Crippen LogP contribution in [0.4, 0.5) is 0 Å². The quantitative estimate of drug-likeness (QED) is 0.254. The fraction of sp³-hybridized carbons (Fsp3) is 0.500. The van der Waals surface area contributed by atoms with Crippen molar-refractivity contribution >= 4 is 7.82 Å². The molecule has 1 unspecified atom stereocenters. The van der Waals surface area contributed by atoms with Crippen LogP contribution in [0.5, 0.6) is 0 Å². The van der Waals surface area contributed by atoms with Crippen LogP contribution in [0.1, 0.15) is 0 Å². The molecule has 0 aromatic rings. The van der Waals surface area contributed by atoms with Gasteiger partial charge in [-0.2, -0.15) is 20.0 Å². The monoisotopic (exact) mass is 167 g/mol. The summed E-state index contributed by atoms with van der Waals surface area (Å²) in [6.45, 7) is 0. The SMILES string of the molecule is COP(=O)(ON)ONC#N. The first-order valence-electron chi connectivity index (χ1n) is 2.05. The summed E-state index contributed by atoms with van der Waals surface area (Å²) in [5, 5.41) is 7.86. The van der Waals surface area contributed by atoms with Gasteiger partial charge in [0, 0.05) is 7.11 Å². The predicted molar refractivity (Wildman–Crippen MR) is 29.7 cm³/mol. The first-order valence-corrected chi connectivity index (χ1v) is 3.51. The summed E-state index contributed by atoms with van der Waals surface area (Å²) in [5.74, 6) is 4.50. The lowest BCUT2D eigenvalue weighted by Gasteiger charge is -2.08. The molecular weight excluding hydrogens is 161 g/mol. The zero-order valence-corrected chi connectivity index (χ0v) is 6.00. The highest BCUT2D eigenvalue weighted by molar-refractivity contribution is 7.48. The van der Waals surface area contributed by atoms with Gasteiger partial charge in [-0.25, -0.2) is 10.5 Å². The Kier molecular flexibility index (Phi) is 3.95. The molecule has 3 N–H and O–H groups in total. The van der Waals surface area contributed by atoms with Crippen LogP contribution in [0.2, 0.25) is 0 Å². The predicted octanol–water partition coefficient (Wildman–Crippen LogP) is -0.367. The summed E-state index contributed by atoms with van der Waals surface area (Å²) in [6, 6.07) is 0. The Labute approximate surface area is 57.2 Å². The fourth-order valence-electron chi connectivity index (χ4n) is 0.178. The summed E-state index contributed by atoms with van der Waals surface area (Å²) in [5.41, 5.74) is 1.60. The van der Waals surface area contributed by atoms with Gasteiger partial charge < -0.3 is 0 Å². The summed E-state index contributed by atoms with van der Waals surface area (Å²) in [6.07, 6.45) is 1.33. The molecule has 1 atom stereocenters. The third-order valence-corrected chi connectivity index (χ3v) is 1.58. The second kappa shape index (κ2) is 4.22. The molecule has 0 aromatic heterocycles. The standard InChI is InChI=1S/C2H6N3O4P/c1-7-10(6,8-4)9-5-2-3/h5H,4H2,1H3. The minimum Gasteiger partial charge on any atom is -0.288 e. The van der Waals surface area contributed by atoms with Crippen LogP contribution in [0, 0.1) is 11.5 Å². The Bertz CT molecular complexity index is 168. The molecule has 8 heteroatoms. The van der Waals surface area contributed by atoms with Crippen LogP contribution in [0.3, 0.4) is 0 Å². The topological polar surface area (TPSA) is 107 Å². The molecule has 0 saturated heterocycles. The highest BCUT2D eigenvalue weighted by Crippen LogP contribution is 2.44. The van der Waals surface area contributed by atoms with Crippen LogP contribution in [0.25, 0.3) is 0 Å². The number of rotatable bonds is 4. The maximum atomic E-state index is 10.7. The molecular formula is C2H6N3O4P. The van der Waals surface area contributed by atoms with E-state index in [2.05, 4.69) is 19.7 Å². The maximum absolute atomic E-state index is 10.7. The van der Waals surface area contributed by atoms with Crippen molar-refractivity contribution < 1.29 is 18.3 Å². The highest BCUT2D eigenvalue weighted by Gasteiger charge is 2.24. The molecule has 0 amide bonds. The van der Waals surface area contributed by atoms with Crippen molar-refractivity contribution in [3.05, 3.63) is 0 Å². The average Bonchev–Trinajstić information content (AvgIpc) is 2.00. The van der Waals surface area contributed by atoms with Gasteiger partial charge in [0.25, 0.3) is 0 Å². The number of hydroxylamine groups is 1. The van der Waals surface area contributed by atoms with E-state index in [4.69, 9.17) is 5.26 Å². The Hall–Kier alpha value is -0.640. The molecule has 0 spiro atoms. The van der Waals surface area contributed by atoms with E-state index in [1.165, 1.54) is 6.19 Å². The third-order valence-electron chi connectivity index (χ3n) is 0.556. The summed E-state index contributed by atoms with van der Waals surface area (Å²) in [7, 11) is -2.69. The smallest absolute Gasteiger partial charge is 0.288 e. The van der Waals surface area contributed by atoms with Crippen molar-refractivity contribution in [2.24, 2.45) is 5.90 Å². The minimum absolute atomic E-state index is 1.06. The molecule has 10 heavy (non-hydrogen) atoms. The third kappa shape index (κ3) is 2.77. The van der Waals surface area contributed by atoms with Gasteiger partial charge >= 0.3 is 7.82 Å². The molecule has 0 fully saturated rings. The van der Waals surface area contributed by atoms with E-state index in [1.54, 1.807) is 5.48 Å². The molecule has 0 heterocycles. The van der Waals surface area contributed by atoms with Crippen molar-refractivity contribution in [1.82, 2.24) is 5.48 Å². The number of phosphoric acid groups is 1. The molecule has 0 aliphatic carbocycles. The maximum Gasteiger partial charge on any atom is 0.513 e. The van der Waals surface area contributed by atoms with Crippen molar-refractivity contribution in [2.45, 2.75) is 0 Å². The van der Waals surface area contributed by atoms with Crippen molar-refractivity contribution in [1.29, 1.82) is 5.26 Å². The Morgan fingerprint density at radius 3 is 2.70 bits per heavy atom. The Balaban J connectivity index is 3.85. The molecule has 0 bridgehead atoms. The average molecular weight is 167 g/mol. The normalized spacial score (nSPS) is 15.3. The van der Waals surface area contributed by atoms with Crippen molar-refractivity contribution in [3.8, 4) is 6.19 Å². The Morgan fingerprint density at radius 1 is 1.80 bits per heavy atom. The van der Waals surface area contributed by atoms with E-state index in [1.807, 2.05) is 0 Å². The lowest BCUT2D eigenvalue weighted by Crippen LogP contribution is -2.10. The van der Waals surface area contributed by atoms with Gasteiger partial charge in [0.05, 0.1) is 0 Å². The van der Waals surface area contributed by atoms with Gasteiger partial charge in [0.2, 0.25) is 6.19 Å². The number of nitriles is 1. The molecule has 0 radical (unpaired) electrons. The number of nitrogens with one attached hydrogen (secondary N) is 1. The van der Waals surface area contributed by atoms with Crippen LogP contribution in [-0.2, 0) is 18.3 Å². The lowest BCUT2D eigenvalue weighted by molar-refractivity contribution is 0.105. The minimum atomic E-state index is -3.75. The zero-order valence-electron chi connectivity index (χ0n) is 5.10. The lowest BCUT2D eigenvalue weighted by atomic mass is 11.5. The molecule has 0 saturated carbocycles. The number of hydrogen-bond donors (Lipinski definition) is 2. The van der Waals surface area contributed by atoms with E-state index in [9.17, 15) is 4.57 Å². The first kappa shape index (κ1) is 9.36. The van der Waals surface area contributed by atoms with Gasteiger partial charge in [-0.3, -0.25) is 4.52 Å². The van der Waals surface area contributed by atoms with Crippen LogP contribution in [0.15, 0.2) is 0 Å². The van der Waals surface area contributed by atoms with E-state index >= 15 is 0 Å². The van der Waals surface area contributed by atoms with Crippen molar-refractivity contribution in [3.63, 3.8) is 0 Å². The molecule has 58 valence electrons. The van der Waals surface area contributed by atoms with E-state index < -0.39 is 7.82 Å². The second-order valence-corrected chi connectivity index (χ2v) is 2.69. The van der Waals surface area contributed by atoms with Gasteiger partial charge in [-0.15, -0.1) is 0 Å². The van der Waals surface area contributed by atoms with E-state index in [-0.39, 0.29) is 0 Å². The number of hydrogen-bond acceptors (Lipinski definition) is 7. The number of nitrogens with zero attached hydrogens (tertiary/aromatic N) is 1. The fourth-order valence-corrected chi connectivity index (χ4v) is 0.534. The molecule has 0 rings (SSSR count). The number of nitrogens with two attached hydrogens (primary N) is 1. The van der Waals surface area contributed by atoms with Crippen LogP contribution in [-0.4, -0.2) is 7.11 Å².